The summed E-state index contributed by atoms with van der Waals surface area (Å²) in [5, 5.41) is 10.8. The molecule has 0 amide bonds. The van der Waals surface area contributed by atoms with Gasteiger partial charge in [-0.3, -0.25) is 4.74 Å². The average molecular weight is 358 g/mol. The monoisotopic (exact) mass is 358 g/mol. The Morgan fingerprint density at radius 3 is 2.69 bits per heavy atom. The Kier molecular flexibility index (Phi) is 2.84. The second-order valence-electron chi connectivity index (χ2n) is 8.23. The Balaban J connectivity index is 1.60. The highest BCUT2D eigenvalue weighted by Crippen LogP contribution is 2.63. The number of benzene rings is 1. The van der Waals surface area contributed by atoms with Crippen LogP contribution in [0.15, 0.2) is 24.0 Å². The number of ether oxygens (including phenoxy) is 5. The van der Waals surface area contributed by atoms with Gasteiger partial charge in [-0.25, -0.2) is 0 Å². The van der Waals surface area contributed by atoms with Crippen molar-refractivity contribution >= 4 is 0 Å². The van der Waals surface area contributed by atoms with E-state index in [4.69, 9.17) is 23.7 Å². The third kappa shape index (κ3) is 1.70. The van der Waals surface area contributed by atoms with E-state index in [1.54, 1.807) is 6.08 Å². The molecule has 6 rings (SSSR count). The standard InChI is InChI=1S/C20H22O6/c1-9-3-11-13(21)5-17-20(25-8-24-17)19(11)18(10(9)2)12-4-15-16(23-7-22-15)6-14(12)26-20/h4-6,9-11,13,18-19,21H,3,7-8H2,1-2H3/t9-,10+,11+,13?,18+,19+,20+/m1/s1. The molecule has 7 atom stereocenters. The molecule has 2 fully saturated rings. The Morgan fingerprint density at radius 2 is 1.85 bits per heavy atom. The maximum absolute atomic E-state index is 10.8. The molecule has 0 radical (unpaired) electrons. The quantitative estimate of drug-likeness (QED) is 0.769. The average Bonchev–Trinajstić information content (AvgIpc) is 3.23. The summed E-state index contributed by atoms with van der Waals surface area (Å²) in [6.45, 7) is 4.95. The lowest BCUT2D eigenvalue weighted by atomic mass is 9.54. The lowest BCUT2D eigenvalue weighted by molar-refractivity contribution is -0.223. The van der Waals surface area contributed by atoms with E-state index in [2.05, 4.69) is 19.9 Å². The molecule has 6 nitrogen and oxygen atoms in total. The molecule has 1 saturated heterocycles. The number of fused-ring (bicyclic) bond motifs is 3. The molecular weight excluding hydrogens is 336 g/mol. The van der Waals surface area contributed by atoms with Crippen LogP contribution in [0.5, 0.6) is 17.2 Å². The molecule has 3 aliphatic heterocycles. The maximum atomic E-state index is 10.8. The maximum Gasteiger partial charge on any atom is 0.275 e. The zero-order valence-corrected chi connectivity index (χ0v) is 14.8. The van der Waals surface area contributed by atoms with E-state index in [1.807, 2.05) is 6.07 Å². The van der Waals surface area contributed by atoms with Gasteiger partial charge in [0.25, 0.3) is 5.79 Å². The van der Waals surface area contributed by atoms with Gasteiger partial charge in [-0.15, -0.1) is 0 Å². The molecule has 0 aromatic heterocycles. The molecule has 0 bridgehead atoms. The van der Waals surface area contributed by atoms with Crippen LogP contribution in [-0.2, 0) is 9.47 Å². The minimum absolute atomic E-state index is 0.0130. The molecule has 5 aliphatic rings. The predicted molar refractivity (Wildman–Crippen MR) is 89.7 cm³/mol. The molecule has 26 heavy (non-hydrogen) atoms. The van der Waals surface area contributed by atoms with Crippen LogP contribution in [0, 0.1) is 23.7 Å². The first-order valence-electron chi connectivity index (χ1n) is 9.38. The molecule has 2 aliphatic carbocycles. The van der Waals surface area contributed by atoms with Crippen LogP contribution in [0.25, 0.3) is 0 Å². The molecule has 1 unspecified atom stereocenters. The van der Waals surface area contributed by atoms with Crippen LogP contribution in [0.2, 0.25) is 0 Å². The van der Waals surface area contributed by atoms with E-state index in [1.165, 1.54) is 0 Å². The number of rotatable bonds is 0. The topological polar surface area (TPSA) is 66.4 Å². The van der Waals surface area contributed by atoms with Crippen LogP contribution in [0.4, 0.5) is 0 Å². The van der Waals surface area contributed by atoms with Crippen molar-refractivity contribution in [2.45, 2.75) is 38.1 Å². The highest BCUT2D eigenvalue weighted by Gasteiger charge is 2.66. The van der Waals surface area contributed by atoms with Crippen molar-refractivity contribution in [1.82, 2.24) is 0 Å². The first-order valence-corrected chi connectivity index (χ1v) is 9.38. The fourth-order valence-corrected chi connectivity index (χ4v) is 5.74. The van der Waals surface area contributed by atoms with E-state index in [0.717, 1.165) is 23.5 Å². The van der Waals surface area contributed by atoms with E-state index in [0.29, 0.717) is 23.3 Å². The third-order valence-corrected chi connectivity index (χ3v) is 7.11. The van der Waals surface area contributed by atoms with Crippen molar-refractivity contribution in [2.24, 2.45) is 23.7 Å². The second kappa shape index (κ2) is 4.87. The van der Waals surface area contributed by atoms with E-state index < -0.39 is 11.9 Å². The molecule has 1 aromatic carbocycles. The summed E-state index contributed by atoms with van der Waals surface area (Å²) in [5.74, 6) is 3.10. The van der Waals surface area contributed by atoms with Crippen LogP contribution >= 0.6 is 0 Å². The molecule has 6 heteroatoms. The summed E-state index contributed by atoms with van der Waals surface area (Å²) in [6, 6.07) is 3.97. The van der Waals surface area contributed by atoms with Gasteiger partial charge in [0.1, 0.15) is 5.75 Å². The van der Waals surface area contributed by atoms with Crippen LogP contribution in [0.1, 0.15) is 31.7 Å². The van der Waals surface area contributed by atoms with E-state index >= 15 is 0 Å². The molecular formula is C20H22O6. The van der Waals surface area contributed by atoms with E-state index in [-0.39, 0.29) is 31.3 Å². The third-order valence-electron chi connectivity index (χ3n) is 7.11. The first-order chi connectivity index (χ1) is 12.6. The van der Waals surface area contributed by atoms with Crippen LogP contribution in [-0.4, -0.2) is 30.6 Å². The lowest BCUT2D eigenvalue weighted by Crippen LogP contribution is -2.61. The molecule has 1 aromatic rings. The molecule has 1 saturated carbocycles. The Hall–Kier alpha value is -1.92. The largest absolute Gasteiger partial charge is 0.465 e. The summed E-state index contributed by atoms with van der Waals surface area (Å²) in [4.78, 5) is 0. The number of hydrogen-bond acceptors (Lipinski definition) is 6. The SMILES string of the molecule is C[C@@H]1[C@H]2c3cc4c(cc3O[C@@]35OCOC3=CC(O)[C@H](C[C@H]1C)[C@@H]25)OCO4. The highest BCUT2D eigenvalue weighted by atomic mass is 16.8. The smallest absolute Gasteiger partial charge is 0.275 e. The fraction of sp³-hybridized carbons (Fsp3) is 0.600. The zero-order chi connectivity index (χ0) is 17.6. The summed E-state index contributed by atoms with van der Waals surface area (Å²) in [7, 11) is 0. The second-order valence-corrected chi connectivity index (χ2v) is 8.23. The molecule has 138 valence electrons. The van der Waals surface area contributed by atoms with Crippen molar-refractivity contribution < 1.29 is 28.8 Å². The highest BCUT2D eigenvalue weighted by molar-refractivity contribution is 5.55. The number of aliphatic hydroxyl groups excluding tert-OH is 1. The summed E-state index contributed by atoms with van der Waals surface area (Å²) < 4.78 is 29.5. The first kappa shape index (κ1) is 15.2. The fourth-order valence-electron chi connectivity index (χ4n) is 5.74. The number of hydrogen-bond donors (Lipinski definition) is 1. The van der Waals surface area contributed by atoms with Gasteiger partial charge in [-0.1, -0.05) is 13.8 Å². The van der Waals surface area contributed by atoms with Gasteiger partial charge in [0, 0.05) is 23.5 Å². The summed E-state index contributed by atoms with van der Waals surface area (Å²) in [5.41, 5.74) is 1.12. The van der Waals surface area contributed by atoms with Crippen molar-refractivity contribution in [3.05, 3.63) is 29.5 Å². The minimum Gasteiger partial charge on any atom is -0.465 e. The van der Waals surface area contributed by atoms with Crippen LogP contribution in [0.3, 0.4) is 0 Å². The molecule has 3 heterocycles. The Morgan fingerprint density at radius 1 is 1.04 bits per heavy atom. The van der Waals surface area contributed by atoms with Gasteiger partial charge in [0.15, 0.2) is 24.1 Å². The Labute approximate surface area is 151 Å². The lowest BCUT2D eigenvalue weighted by Gasteiger charge is -2.56. The van der Waals surface area contributed by atoms with Gasteiger partial charge < -0.3 is 24.1 Å². The van der Waals surface area contributed by atoms with Crippen LogP contribution < -0.4 is 14.2 Å². The van der Waals surface area contributed by atoms with Crippen molar-refractivity contribution in [1.29, 1.82) is 0 Å². The van der Waals surface area contributed by atoms with E-state index in [9.17, 15) is 5.11 Å². The molecule has 1 N–H and O–H groups in total. The van der Waals surface area contributed by atoms with Gasteiger partial charge >= 0.3 is 0 Å². The number of aliphatic hydroxyl groups is 1. The van der Waals surface area contributed by atoms with Crippen molar-refractivity contribution in [3.63, 3.8) is 0 Å². The molecule has 1 spiro atoms. The van der Waals surface area contributed by atoms with Gasteiger partial charge in [-0.2, -0.15) is 0 Å². The zero-order valence-electron chi connectivity index (χ0n) is 14.8. The van der Waals surface area contributed by atoms with Gasteiger partial charge in [-0.05, 0) is 36.3 Å². The van der Waals surface area contributed by atoms with Crippen molar-refractivity contribution in [2.75, 3.05) is 13.6 Å². The predicted octanol–water partition coefficient (Wildman–Crippen LogP) is 2.76. The van der Waals surface area contributed by atoms with Crippen molar-refractivity contribution in [3.8, 4) is 17.2 Å². The summed E-state index contributed by atoms with van der Waals surface area (Å²) >= 11 is 0. The van der Waals surface area contributed by atoms with Gasteiger partial charge in [0.2, 0.25) is 6.79 Å². The summed E-state index contributed by atoms with van der Waals surface area (Å²) in [6.07, 6.45) is 2.19. The normalized spacial score (nSPS) is 44.2. The minimum atomic E-state index is -0.941. The Bertz CT molecular complexity index is 819. The van der Waals surface area contributed by atoms with Gasteiger partial charge in [0.05, 0.1) is 6.10 Å².